The molecule has 0 bridgehead atoms. The Balaban J connectivity index is 2.48. The molecule has 2 rings (SSSR count). The van der Waals surface area contributed by atoms with Gasteiger partial charge in [0.05, 0.1) is 24.5 Å². The zero-order valence-corrected chi connectivity index (χ0v) is 11.9. The molecule has 0 atom stereocenters. The summed E-state index contributed by atoms with van der Waals surface area (Å²) in [6.45, 7) is 3.38. The van der Waals surface area contributed by atoms with E-state index in [1.54, 1.807) is 13.2 Å². The van der Waals surface area contributed by atoms with E-state index >= 15 is 0 Å². The molecule has 1 heterocycles. The highest BCUT2D eigenvalue weighted by Gasteiger charge is 2.24. The Morgan fingerprint density at radius 3 is 2.63 bits per heavy atom. The van der Waals surface area contributed by atoms with E-state index in [0.717, 1.165) is 30.6 Å². The molecule has 1 saturated heterocycles. The second-order valence-electron chi connectivity index (χ2n) is 4.79. The fourth-order valence-corrected chi connectivity index (χ4v) is 2.71. The lowest BCUT2D eigenvalue weighted by Gasteiger charge is -2.34. The van der Waals surface area contributed by atoms with Crippen molar-refractivity contribution in [3.63, 3.8) is 0 Å². The summed E-state index contributed by atoms with van der Waals surface area (Å²) in [5, 5.41) is 10.1. The van der Waals surface area contributed by atoms with E-state index in [1.165, 1.54) is 0 Å². The Hall–Kier alpha value is -1.26. The van der Waals surface area contributed by atoms with Gasteiger partial charge in [-0.15, -0.1) is 0 Å². The summed E-state index contributed by atoms with van der Waals surface area (Å²) in [6, 6.07) is 1.63. The minimum absolute atomic E-state index is 0.243. The Morgan fingerprint density at radius 2 is 2.11 bits per heavy atom. The Bertz CT molecular complexity index is 482. The van der Waals surface area contributed by atoms with Crippen molar-refractivity contribution in [3.05, 3.63) is 22.2 Å². The molecule has 0 spiro atoms. The summed E-state index contributed by atoms with van der Waals surface area (Å²) in [6.07, 6.45) is 1.94. The topological polar surface area (TPSA) is 49.8 Å². The number of ether oxygens (including phenoxy) is 1. The lowest BCUT2D eigenvalue weighted by molar-refractivity contribution is 0.112. The number of aliphatic hydroxyl groups excluding tert-OH is 1. The number of benzene rings is 1. The number of halogens is 1. The zero-order chi connectivity index (χ0) is 14.0. The number of aliphatic hydroxyl groups is 1. The van der Waals surface area contributed by atoms with Gasteiger partial charge in [-0.1, -0.05) is 11.6 Å². The van der Waals surface area contributed by atoms with Gasteiger partial charge in [-0.3, -0.25) is 4.79 Å². The standard InChI is InChI=1S/C14H18ClNO3/c1-9-12(15)7-10(8-17)14(19-2)13(9)16-5-3-11(18)4-6-16/h7-8,11,18H,3-6H2,1-2H3. The molecule has 19 heavy (non-hydrogen) atoms. The first-order valence-corrected chi connectivity index (χ1v) is 6.71. The van der Waals surface area contributed by atoms with Crippen LogP contribution in [0.4, 0.5) is 5.69 Å². The Kier molecular flexibility index (Phi) is 4.32. The van der Waals surface area contributed by atoms with Crippen molar-refractivity contribution in [2.24, 2.45) is 0 Å². The van der Waals surface area contributed by atoms with Gasteiger partial charge in [0, 0.05) is 18.1 Å². The second kappa shape index (κ2) is 5.80. The first-order valence-electron chi connectivity index (χ1n) is 6.33. The predicted octanol–water partition coefficient (Wildman–Crippen LogP) is 2.43. The molecule has 0 aliphatic carbocycles. The van der Waals surface area contributed by atoms with Crippen molar-refractivity contribution in [1.29, 1.82) is 0 Å². The molecule has 0 amide bonds. The van der Waals surface area contributed by atoms with Crippen LogP contribution in [0.5, 0.6) is 5.75 Å². The average Bonchev–Trinajstić information content (AvgIpc) is 2.42. The number of hydrogen-bond acceptors (Lipinski definition) is 4. The summed E-state index contributed by atoms with van der Waals surface area (Å²) in [5.41, 5.74) is 2.23. The largest absolute Gasteiger partial charge is 0.494 e. The molecule has 1 fully saturated rings. The van der Waals surface area contributed by atoms with Crippen LogP contribution in [0.1, 0.15) is 28.8 Å². The van der Waals surface area contributed by atoms with Crippen LogP contribution in [0.2, 0.25) is 5.02 Å². The third-order valence-electron chi connectivity index (χ3n) is 3.58. The van der Waals surface area contributed by atoms with Crippen molar-refractivity contribution >= 4 is 23.6 Å². The van der Waals surface area contributed by atoms with Crippen LogP contribution in [-0.2, 0) is 0 Å². The molecule has 0 aromatic heterocycles. The lowest BCUT2D eigenvalue weighted by Crippen LogP contribution is -2.36. The number of methoxy groups -OCH3 is 1. The highest BCUT2D eigenvalue weighted by molar-refractivity contribution is 6.32. The highest BCUT2D eigenvalue weighted by atomic mass is 35.5. The molecule has 1 aromatic carbocycles. The normalized spacial score (nSPS) is 16.5. The van der Waals surface area contributed by atoms with Crippen molar-refractivity contribution in [1.82, 2.24) is 0 Å². The molecule has 4 nitrogen and oxygen atoms in total. The average molecular weight is 284 g/mol. The molecule has 0 saturated carbocycles. The first-order chi connectivity index (χ1) is 9.08. The smallest absolute Gasteiger partial charge is 0.153 e. The van der Waals surface area contributed by atoms with Crippen LogP contribution in [0.3, 0.4) is 0 Å². The van der Waals surface area contributed by atoms with Gasteiger partial charge in [0.2, 0.25) is 0 Å². The fraction of sp³-hybridized carbons (Fsp3) is 0.500. The molecule has 0 radical (unpaired) electrons. The van der Waals surface area contributed by atoms with E-state index in [2.05, 4.69) is 4.90 Å². The second-order valence-corrected chi connectivity index (χ2v) is 5.20. The molecule has 1 N–H and O–H groups in total. The number of anilines is 1. The van der Waals surface area contributed by atoms with Crippen LogP contribution in [0.25, 0.3) is 0 Å². The molecule has 1 aliphatic rings. The first kappa shape index (κ1) is 14.2. The zero-order valence-electron chi connectivity index (χ0n) is 11.1. The van der Waals surface area contributed by atoms with Crippen molar-refractivity contribution in [3.8, 4) is 5.75 Å². The van der Waals surface area contributed by atoms with Gasteiger partial charge >= 0.3 is 0 Å². The van der Waals surface area contributed by atoms with E-state index < -0.39 is 0 Å². The fourth-order valence-electron chi connectivity index (χ4n) is 2.50. The molecule has 1 aliphatic heterocycles. The molecule has 5 heteroatoms. The molecular weight excluding hydrogens is 266 g/mol. The molecule has 1 aromatic rings. The van der Waals surface area contributed by atoms with Gasteiger partial charge in [-0.25, -0.2) is 0 Å². The van der Waals surface area contributed by atoms with Gasteiger partial charge in [0.15, 0.2) is 12.0 Å². The van der Waals surface area contributed by atoms with Crippen molar-refractivity contribution in [2.75, 3.05) is 25.1 Å². The molecular formula is C14H18ClNO3. The van der Waals surface area contributed by atoms with Gasteiger partial charge in [0.1, 0.15) is 0 Å². The highest BCUT2D eigenvalue weighted by Crippen LogP contribution is 2.39. The van der Waals surface area contributed by atoms with Gasteiger partial charge in [-0.2, -0.15) is 0 Å². The van der Waals surface area contributed by atoms with E-state index in [1.807, 2.05) is 6.92 Å². The number of nitrogens with zero attached hydrogens (tertiary/aromatic N) is 1. The minimum atomic E-state index is -0.243. The monoisotopic (exact) mass is 283 g/mol. The molecule has 0 unspecified atom stereocenters. The summed E-state index contributed by atoms with van der Waals surface area (Å²) in [4.78, 5) is 13.3. The van der Waals surface area contributed by atoms with Crippen LogP contribution in [-0.4, -0.2) is 37.7 Å². The van der Waals surface area contributed by atoms with Gasteiger partial charge < -0.3 is 14.7 Å². The van der Waals surface area contributed by atoms with Crippen LogP contribution < -0.4 is 9.64 Å². The number of rotatable bonds is 3. The molecule has 104 valence electrons. The van der Waals surface area contributed by atoms with Gasteiger partial charge in [0.25, 0.3) is 0 Å². The summed E-state index contributed by atoms with van der Waals surface area (Å²) in [7, 11) is 1.55. The SMILES string of the molecule is COc1c(C=O)cc(Cl)c(C)c1N1CCC(O)CC1. The number of hydrogen-bond donors (Lipinski definition) is 1. The van der Waals surface area contributed by atoms with Crippen LogP contribution >= 0.6 is 11.6 Å². The third kappa shape index (κ3) is 2.69. The van der Waals surface area contributed by atoms with E-state index in [4.69, 9.17) is 16.3 Å². The van der Waals surface area contributed by atoms with Crippen LogP contribution in [0, 0.1) is 6.92 Å². The maximum atomic E-state index is 11.1. The maximum Gasteiger partial charge on any atom is 0.153 e. The van der Waals surface area contributed by atoms with Crippen LogP contribution in [0.15, 0.2) is 6.07 Å². The Labute approximate surface area is 117 Å². The maximum absolute atomic E-state index is 11.1. The number of aldehydes is 1. The lowest BCUT2D eigenvalue weighted by atomic mass is 10.0. The summed E-state index contributed by atoms with van der Waals surface area (Å²) < 4.78 is 5.39. The third-order valence-corrected chi connectivity index (χ3v) is 3.98. The van der Waals surface area contributed by atoms with Crippen molar-refractivity contribution < 1.29 is 14.6 Å². The minimum Gasteiger partial charge on any atom is -0.494 e. The predicted molar refractivity (Wildman–Crippen MR) is 75.6 cm³/mol. The van der Waals surface area contributed by atoms with E-state index in [0.29, 0.717) is 29.2 Å². The number of carbonyl (C=O) groups excluding carboxylic acids is 1. The quantitative estimate of drug-likeness (QED) is 0.866. The van der Waals surface area contributed by atoms with Gasteiger partial charge in [-0.05, 0) is 31.4 Å². The Morgan fingerprint density at radius 1 is 1.47 bits per heavy atom. The van der Waals surface area contributed by atoms with E-state index in [-0.39, 0.29) is 6.10 Å². The summed E-state index contributed by atoms with van der Waals surface area (Å²) in [5.74, 6) is 0.563. The van der Waals surface area contributed by atoms with E-state index in [9.17, 15) is 9.90 Å². The van der Waals surface area contributed by atoms with Crippen molar-refractivity contribution in [2.45, 2.75) is 25.9 Å². The number of piperidine rings is 1. The number of carbonyl (C=O) groups is 1. The summed E-state index contributed by atoms with van der Waals surface area (Å²) >= 11 is 6.18.